The Morgan fingerprint density at radius 2 is 1.90 bits per heavy atom. The van der Waals surface area contributed by atoms with Crippen molar-refractivity contribution in [2.24, 2.45) is 17.0 Å². The number of carboxylic acid groups (broad SMARTS) is 1. The number of halogens is 2. The molecule has 0 aliphatic carbocycles. The number of benzene rings is 3. The van der Waals surface area contributed by atoms with Crippen molar-refractivity contribution < 1.29 is 28.2 Å². The number of aromatic nitrogens is 3. The zero-order valence-electron chi connectivity index (χ0n) is 27.6. The zero-order chi connectivity index (χ0) is 34.9. The minimum absolute atomic E-state index is 0.00361. The highest BCUT2D eigenvalue weighted by atomic mass is 19.1. The van der Waals surface area contributed by atoms with Gasteiger partial charge in [0.25, 0.3) is 0 Å². The number of hydrogen-bond acceptors (Lipinski definition) is 7. The number of hydrogen-bond donors (Lipinski definition) is 5. The molecular weight excluding hydrogens is 630 g/mol. The minimum Gasteiger partial charge on any atom is -0.481 e. The van der Waals surface area contributed by atoms with Gasteiger partial charge in [0, 0.05) is 58.9 Å². The molecule has 10 nitrogen and oxygen atoms in total. The molecule has 49 heavy (non-hydrogen) atoms. The fourth-order valence-corrected chi connectivity index (χ4v) is 6.36. The maximum atomic E-state index is 15.7. The number of allylic oxidation sites excluding steroid dienone is 1. The molecule has 3 heterocycles. The number of aryl methyl sites for hydroxylation is 1. The number of aliphatic carboxylic acids is 1. The highest BCUT2D eigenvalue weighted by Crippen LogP contribution is 2.38. The summed E-state index contributed by atoms with van der Waals surface area (Å²) in [5.74, 6) is 4.77. The van der Waals surface area contributed by atoms with Gasteiger partial charge in [-0.1, -0.05) is 38.1 Å². The normalized spacial score (nSPS) is 19.6. The molecule has 6 rings (SSSR count). The van der Waals surface area contributed by atoms with Crippen LogP contribution in [-0.4, -0.2) is 44.3 Å². The van der Waals surface area contributed by atoms with E-state index in [-0.39, 0.29) is 42.5 Å². The van der Waals surface area contributed by atoms with Gasteiger partial charge in [-0.25, -0.2) is 19.6 Å². The van der Waals surface area contributed by atoms with Crippen molar-refractivity contribution in [3.05, 3.63) is 113 Å². The Hall–Kier alpha value is -5.20. The summed E-state index contributed by atoms with van der Waals surface area (Å²) in [6.45, 7) is 6.69. The fraction of sp³-hybridized carbons (Fsp3) is 0.297. The average Bonchev–Trinajstić information content (AvgIpc) is 3.72. The number of ether oxygens (including phenoxy) is 2. The number of imidazole rings is 1. The monoisotopic (exact) mass is 670 g/mol. The molecule has 256 valence electrons. The van der Waals surface area contributed by atoms with Crippen LogP contribution in [0.2, 0.25) is 0 Å². The molecule has 1 unspecified atom stereocenters. The molecule has 0 amide bonds. The Balaban J connectivity index is 1.47. The van der Waals surface area contributed by atoms with Crippen molar-refractivity contribution in [3.8, 4) is 22.9 Å². The van der Waals surface area contributed by atoms with Crippen LogP contribution in [0, 0.1) is 17.0 Å². The van der Waals surface area contributed by atoms with E-state index in [2.05, 4.69) is 15.0 Å². The summed E-state index contributed by atoms with van der Waals surface area (Å²) >= 11 is 0. The van der Waals surface area contributed by atoms with Gasteiger partial charge in [0.2, 0.25) is 0 Å². The van der Waals surface area contributed by atoms with Crippen LogP contribution in [0.15, 0.2) is 78.9 Å². The Morgan fingerprint density at radius 1 is 1.08 bits per heavy atom. The van der Waals surface area contributed by atoms with Crippen molar-refractivity contribution in [2.75, 3.05) is 13.2 Å². The van der Waals surface area contributed by atoms with Gasteiger partial charge in [-0.05, 0) is 60.6 Å². The summed E-state index contributed by atoms with van der Waals surface area (Å²) in [5, 5.41) is 11.4. The number of rotatable bonds is 4. The third-order valence-electron chi connectivity index (χ3n) is 8.88. The summed E-state index contributed by atoms with van der Waals surface area (Å²) in [6.07, 6.45) is 5.79. The first-order chi connectivity index (χ1) is 23.3. The number of nitrogens with two attached hydrogens (primary N) is 2. The summed E-state index contributed by atoms with van der Waals surface area (Å²) in [7, 11) is 0. The third-order valence-corrected chi connectivity index (χ3v) is 8.88. The summed E-state index contributed by atoms with van der Waals surface area (Å²) in [5.41, 5.74) is 9.36. The quantitative estimate of drug-likeness (QED) is 0.130. The van der Waals surface area contributed by atoms with E-state index >= 15 is 8.78 Å². The molecule has 1 aliphatic rings. The second-order valence-electron chi connectivity index (χ2n) is 13.6. The summed E-state index contributed by atoms with van der Waals surface area (Å²) in [6, 6.07) is 15.0. The van der Waals surface area contributed by atoms with E-state index in [4.69, 9.17) is 21.1 Å². The number of carbonyl (C=O) groups is 1. The maximum Gasteiger partial charge on any atom is 0.303 e. The van der Waals surface area contributed by atoms with E-state index in [0.29, 0.717) is 47.3 Å². The molecule has 4 bridgehead atoms. The fourth-order valence-electron chi connectivity index (χ4n) is 6.36. The lowest BCUT2D eigenvalue weighted by molar-refractivity contribution is -0.136. The molecule has 0 saturated heterocycles. The largest absolute Gasteiger partial charge is 0.481 e. The number of aromatic amines is 2. The number of nitrogens with one attached hydrogen (secondary N) is 2. The van der Waals surface area contributed by atoms with E-state index in [1.165, 1.54) is 29.3 Å². The van der Waals surface area contributed by atoms with Crippen molar-refractivity contribution >= 4 is 16.9 Å². The molecule has 1 aliphatic heterocycles. The van der Waals surface area contributed by atoms with E-state index in [1.807, 2.05) is 51.1 Å². The maximum absolute atomic E-state index is 15.7. The first kappa shape index (κ1) is 33.7. The van der Waals surface area contributed by atoms with Crippen LogP contribution < -0.4 is 16.3 Å². The summed E-state index contributed by atoms with van der Waals surface area (Å²) < 4.78 is 43.7. The molecule has 12 heteroatoms. The van der Waals surface area contributed by atoms with Crippen LogP contribution in [0.3, 0.4) is 0 Å². The molecule has 0 saturated carbocycles. The number of H-pyrrole nitrogens is 2. The van der Waals surface area contributed by atoms with Crippen LogP contribution >= 0.6 is 0 Å². The van der Waals surface area contributed by atoms with Gasteiger partial charge in [-0.15, -0.1) is 0 Å². The Bertz CT molecular complexity index is 2040. The number of nitrogens with zero attached hydrogens (tertiary/aromatic N) is 2. The molecule has 0 radical (unpaired) electrons. The molecule has 5 aromatic rings. The SMILES string of the molecule is CC1(C)COCC(C)(c2cccc(CCC(=O)O)c2)c2cnc([nH]2)-c2cc(ccc2F)Oc2c(F)cc3[nH]ccc3c2CN(N)/C=C(\N)C1. The van der Waals surface area contributed by atoms with Crippen molar-refractivity contribution in [3.63, 3.8) is 0 Å². The molecule has 1 atom stereocenters. The highest BCUT2D eigenvalue weighted by molar-refractivity contribution is 5.85. The van der Waals surface area contributed by atoms with Gasteiger partial charge in [0.05, 0.1) is 30.7 Å². The van der Waals surface area contributed by atoms with Gasteiger partial charge in [0.15, 0.2) is 11.6 Å². The Labute approximate surface area is 282 Å². The Kier molecular flexibility index (Phi) is 9.19. The number of fused-ring (bicyclic) bond motifs is 8. The highest BCUT2D eigenvalue weighted by Gasteiger charge is 2.34. The lowest BCUT2D eigenvalue weighted by Gasteiger charge is -2.32. The minimum atomic E-state index is -0.879. The van der Waals surface area contributed by atoms with Gasteiger partial charge >= 0.3 is 5.97 Å². The second-order valence-corrected chi connectivity index (χ2v) is 13.6. The van der Waals surface area contributed by atoms with Crippen LogP contribution in [-0.2, 0) is 27.9 Å². The summed E-state index contributed by atoms with van der Waals surface area (Å²) in [4.78, 5) is 22.2. The van der Waals surface area contributed by atoms with Crippen LogP contribution in [0.1, 0.15) is 56.0 Å². The van der Waals surface area contributed by atoms with Crippen molar-refractivity contribution in [2.45, 2.75) is 52.0 Å². The predicted molar refractivity (Wildman–Crippen MR) is 182 cm³/mol. The van der Waals surface area contributed by atoms with Crippen molar-refractivity contribution in [1.29, 1.82) is 0 Å². The molecule has 7 N–H and O–H groups in total. The smallest absolute Gasteiger partial charge is 0.303 e. The molecular formula is C37H40F2N6O4. The van der Waals surface area contributed by atoms with Crippen LogP contribution in [0.5, 0.6) is 11.5 Å². The third kappa shape index (κ3) is 7.30. The number of hydrazine groups is 1. The molecule has 2 aromatic heterocycles. The lowest BCUT2D eigenvalue weighted by atomic mass is 9.79. The van der Waals surface area contributed by atoms with E-state index < -0.39 is 28.4 Å². The molecule has 0 fully saturated rings. The topological polar surface area (TPSA) is 156 Å². The zero-order valence-corrected chi connectivity index (χ0v) is 27.6. The first-order valence-corrected chi connectivity index (χ1v) is 16.0. The van der Waals surface area contributed by atoms with Gasteiger partial charge in [0.1, 0.15) is 17.4 Å². The van der Waals surface area contributed by atoms with E-state index in [0.717, 1.165) is 11.1 Å². The van der Waals surface area contributed by atoms with E-state index in [9.17, 15) is 9.90 Å². The molecule has 3 aromatic carbocycles. The lowest BCUT2D eigenvalue weighted by Crippen LogP contribution is -2.33. The first-order valence-electron chi connectivity index (χ1n) is 16.0. The van der Waals surface area contributed by atoms with Gasteiger partial charge in [-0.2, -0.15) is 0 Å². The standard InChI is InChI=1S/C37H40F2N6O4/c1-36(2)16-24(40)18-45(41)19-28-26-11-12-42-31(26)15-30(39)34(28)49-25-8-9-29(38)27(14-25)35-43-17-32(44-35)37(3,21-48-20-36)23-6-4-5-22(13-23)7-10-33(46)47/h4-6,8-9,11-15,17-18,42H,7,10,16,19-21,40-41H2,1-3H3,(H,43,44)(H,46,47)/b24-18-. The average molecular weight is 671 g/mol. The number of carboxylic acids is 1. The van der Waals surface area contributed by atoms with Gasteiger partial charge < -0.3 is 35.3 Å². The van der Waals surface area contributed by atoms with E-state index in [1.54, 1.807) is 18.6 Å². The van der Waals surface area contributed by atoms with Crippen LogP contribution in [0.25, 0.3) is 22.3 Å². The molecule has 0 spiro atoms. The Morgan fingerprint density at radius 3 is 2.69 bits per heavy atom. The van der Waals surface area contributed by atoms with Crippen molar-refractivity contribution in [1.82, 2.24) is 20.0 Å². The predicted octanol–water partition coefficient (Wildman–Crippen LogP) is 6.87. The van der Waals surface area contributed by atoms with Crippen LogP contribution in [0.4, 0.5) is 8.78 Å². The second kappa shape index (κ2) is 13.4. The van der Waals surface area contributed by atoms with Gasteiger partial charge in [-0.3, -0.25) is 4.79 Å².